The molecule has 0 aliphatic carbocycles. The minimum Gasteiger partial charge on any atom is -0.322 e. The number of hydrogen-bond acceptors (Lipinski definition) is 3. The van der Waals surface area contributed by atoms with Crippen molar-refractivity contribution in [2.24, 2.45) is 5.84 Å². The largest absolute Gasteiger partial charge is 0.322 e. The number of nitrogen functional groups attached to an aromatic ring is 1. The number of amides is 2. The van der Waals surface area contributed by atoms with E-state index in [1.165, 1.54) is 0 Å². The van der Waals surface area contributed by atoms with Crippen LogP contribution in [-0.4, -0.2) is 11.8 Å². The molecule has 2 amide bonds. The summed E-state index contributed by atoms with van der Waals surface area (Å²) in [6.45, 7) is 1.88. The van der Waals surface area contributed by atoms with Crippen molar-refractivity contribution < 1.29 is 9.59 Å². The zero-order valence-electron chi connectivity index (χ0n) is 11.0. The smallest absolute Gasteiger partial charge is 0.265 e. The van der Waals surface area contributed by atoms with Crippen LogP contribution >= 0.6 is 0 Å². The minimum absolute atomic E-state index is 0.181. The first-order chi connectivity index (χ1) is 9.61. The van der Waals surface area contributed by atoms with Crippen molar-refractivity contribution in [3.8, 4) is 0 Å². The molecule has 2 aromatic carbocycles. The van der Waals surface area contributed by atoms with Gasteiger partial charge in [0.1, 0.15) is 0 Å². The number of aryl methyl sites for hydroxylation is 1. The molecule has 0 fully saturated rings. The molecule has 5 heteroatoms. The zero-order valence-corrected chi connectivity index (χ0v) is 11.0. The number of benzene rings is 2. The van der Waals surface area contributed by atoms with Gasteiger partial charge in [0.25, 0.3) is 11.8 Å². The predicted octanol–water partition coefficient (Wildman–Crippen LogP) is 1.85. The van der Waals surface area contributed by atoms with E-state index in [-0.39, 0.29) is 11.8 Å². The van der Waals surface area contributed by atoms with Crippen molar-refractivity contribution in [3.63, 3.8) is 0 Å². The maximum Gasteiger partial charge on any atom is 0.265 e. The fourth-order valence-corrected chi connectivity index (χ4v) is 1.81. The van der Waals surface area contributed by atoms with Crippen LogP contribution in [0.25, 0.3) is 0 Å². The van der Waals surface area contributed by atoms with Gasteiger partial charge in [0, 0.05) is 16.8 Å². The van der Waals surface area contributed by atoms with E-state index in [1.54, 1.807) is 30.3 Å². The summed E-state index contributed by atoms with van der Waals surface area (Å²) in [4.78, 5) is 23.4. The molecule has 102 valence electrons. The van der Waals surface area contributed by atoms with Crippen molar-refractivity contribution in [2.75, 3.05) is 5.32 Å². The Morgan fingerprint density at radius 3 is 2.20 bits per heavy atom. The number of carbonyl (C=O) groups excluding carboxylic acids is 2. The van der Waals surface area contributed by atoms with E-state index in [0.29, 0.717) is 16.8 Å². The van der Waals surface area contributed by atoms with Crippen LogP contribution in [0, 0.1) is 6.92 Å². The number of nitrogens with two attached hydrogens (primary N) is 1. The number of nitrogens with one attached hydrogen (secondary N) is 2. The highest BCUT2D eigenvalue weighted by molar-refractivity contribution is 6.05. The molecule has 2 rings (SSSR count). The summed E-state index contributed by atoms with van der Waals surface area (Å²) in [6, 6.07) is 13.8. The molecule has 0 saturated carbocycles. The molecule has 0 saturated heterocycles. The van der Waals surface area contributed by atoms with Crippen molar-refractivity contribution in [3.05, 3.63) is 65.2 Å². The standard InChI is InChI=1S/C15H15N3O2/c1-10-4-2-3-5-13(10)15(20)17-12-8-6-11(7-9-12)14(19)18-16/h2-9H,16H2,1H3,(H,17,20)(H,18,19). The monoisotopic (exact) mass is 269 g/mol. The molecule has 20 heavy (non-hydrogen) atoms. The summed E-state index contributed by atoms with van der Waals surface area (Å²) in [5.74, 6) is 4.49. The fourth-order valence-electron chi connectivity index (χ4n) is 1.81. The van der Waals surface area contributed by atoms with Gasteiger partial charge in [0.2, 0.25) is 0 Å². The van der Waals surface area contributed by atoms with Gasteiger partial charge in [-0.1, -0.05) is 18.2 Å². The topological polar surface area (TPSA) is 84.2 Å². The maximum absolute atomic E-state index is 12.1. The van der Waals surface area contributed by atoms with E-state index >= 15 is 0 Å². The van der Waals surface area contributed by atoms with E-state index in [2.05, 4.69) is 5.32 Å². The van der Waals surface area contributed by atoms with Gasteiger partial charge in [-0.15, -0.1) is 0 Å². The Hall–Kier alpha value is -2.66. The lowest BCUT2D eigenvalue weighted by Gasteiger charge is -2.08. The van der Waals surface area contributed by atoms with E-state index in [0.717, 1.165) is 5.56 Å². The van der Waals surface area contributed by atoms with Gasteiger partial charge in [-0.05, 0) is 42.8 Å². The van der Waals surface area contributed by atoms with Crippen LogP contribution < -0.4 is 16.6 Å². The maximum atomic E-state index is 12.1. The Morgan fingerprint density at radius 2 is 1.60 bits per heavy atom. The molecule has 2 aromatic rings. The Morgan fingerprint density at radius 1 is 0.950 bits per heavy atom. The molecule has 5 nitrogen and oxygen atoms in total. The normalized spacial score (nSPS) is 9.90. The summed E-state index contributed by atoms with van der Waals surface area (Å²) in [6.07, 6.45) is 0. The number of anilines is 1. The molecule has 0 radical (unpaired) electrons. The van der Waals surface area contributed by atoms with Gasteiger partial charge in [-0.3, -0.25) is 15.0 Å². The molecule has 0 aliphatic heterocycles. The second kappa shape index (κ2) is 5.99. The SMILES string of the molecule is Cc1ccccc1C(=O)Nc1ccc(C(=O)NN)cc1. The number of carbonyl (C=O) groups is 2. The third kappa shape index (κ3) is 3.02. The zero-order chi connectivity index (χ0) is 14.5. The first kappa shape index (κ1) is 13.8. The predicted molar refractivity (Wildman–Crippen MR) is 77.2 cm³/mol. The van der Waals surface area contributed by atoms with E-state index in [4.69, 9.17) is 5.84 Å². The summed E-state index contributed by atoms with van der Waals surface area (Å²) in [5, 5.41) is 2.78. The highest BCUT2D eigenvalue weighted by Gasteiger charge is 2.09. The van der Waals surface area contributed by atoms with Crippen LogP contribution in [0.4, 0.5) is 5.69 Å². The lowest BCUT2D eigenvalue weighted by Crippen LogP contribution is -2.29. The second-order valence-electron chi connectivity index (χ2n) is 4.32. The van der Waals surface area contributed by atoms with E-state index in [9.17, 15) is 9.59 Å². The van der Waals surface area contributed by atoms with Crippen LogP contribution in [0.2, 0.25) is 0 Å². The molecule has 0 spiro atoms. The molecule has 0 unspecified atom stereocenters. The molecule has 0 aliphatic rings. The van der Waals surface area contributed by atoms with Gasteiger partial charge in [0.15, 0.2) is 0 Å². The van der Waals surface area contributed by atoms with Gasteiger partial charge in [-0.25, -0.2) is 5.84 Å². The van der Waals surface area contributed by atoms with Crippen molar-refractivity contribution in [1.29, 1.82) is 0 Å². The van der Waals surface area contributed by atoms with Crippen LogP contribution in [0.3, 0.4) is 0 Å². The molecule has 0 atom stereocenters. The van der Waals surface area contributed by atoms with Crippen LogP contribution in [0.5, 0.6) is 0 Å². The second-order valence-corrected chi connectivity index (χ2v) is 4.32. The summed E-state index contributed by atoms with van der Waals surface area (Å²) >= 11 is 0. The Bertz CT molecular complexity index is 636. The van der Waals surface area contributed by atoms with E-state index in [1.807, 2.05) is 30.5 Å². The average molecular weight is 269 g/mol. The summed E-state index contributed by atoms with van der Waals surface area (Å²) in [5.41, 5.74) is 4.63. The van der Waals surface area contributed by atoms with Crippen LogP contribution in [-0.2, 0) is 0 Å². The Kier molecular flexibility index (Phi) is 4.12. The van der Waals surface area contributed by atoms with Crippen LogP contribution in [0.1, 0.15) is 26.3 Å². The van der Waals surface area contributed by atoms with Gasteiger partial charge >= 0.3 is 0 Å². The van der Waals surface area contributed by atoms with Crippen molar-refractivity contribution >= 4 is 17.5 Å². The summed E-state index contributed by atoms with van der Waals surface area (Å²) < 4.78 is 0. The van der Waals surface area contributed by atoms with Gasteiger partial charge in [0.05, 0.1) is 0 Å². The molecule has 0 heterocycles. The van der Waals surface area contributed by atoms with Crippen molar-refractivity contribution in [2.45, 2.75) is 6.92 Å². The van der Waals surface area contributed by atoms with E-state index < -0.39 is 0 Å². The third-order valence-electron chi connectivity index (χ3n) is 2.93. The minimum atomic E-state index is -0.373. The molecule has 4 N–H and O–H groups in total. The highest BCUT2D eigenvalue weighted by atomic mass is 16.2. The van der Waals surface area contributed by atoms with Crippen LogP contribution in [0.15, 0.2) is 48.5 Å². The molecule has 0 bridgehead atoms. The first-order valence-corrected chi connectivity index (χ1v) is 6.10. The van der Waals surface area contributed by atoms with Crippen molar-refractivity contribution in [1.82, 2.24) is 5.43 Å². The number of hydrogen-bond donors (Lipinski definition) is 3. The molecular formula is C15H15N3O2. The number of rotatable bonds is 3. The lowest BCUT2D eigenvalue weighted by atomic mass is 10.1. The quantitative estimate of drug-likeness (QED) is 0.451. The molecule has 0 aromatic heterocycles. The first-order valence-electron chi connectivity index (χ1n) is 6.10. The lowest BCUT2D eigenvalue weighted by molar-refractivity contribution is 0.0953. The Balaban J connectivity index is 2.13. The average Bonchev–Trinajstić information content (AvgIpc) is 2.47. The summed E-state index contributed by atoms with van der Waals surface area (Å²) in [7, 11) is 0. The fraction of sp³-hybridized carbons (Fsp3) is 0.0667. The van der Waals surface area contributed by atoms with Gasteiger partial charge in [-0.2, -0.15) is 0 Å². The Labute approximate surface area is 116 Å². The molecular weight excluding hydrogens is 254 g/mol. The number of hydrazine groups is 1. The highest BCUT2D eigenvalue weighted by Crippen LogP contribution is 2.13. The third-order valence-corrected chi connectivity index (χ3v) is 2.93. The van der Waals surface area contributed by atoms with Gasteiger partial charge < -0.3 is 5.32 Å².